The third kappa shape index (κ3) is 4.45. The Kier molecular flexibility index (Phi) is 6.02. The lowest BCUT2D eigenvalue weighted by molar-refractivity contribution is 0.0529. The number of hydrogen-bond acceptors (Lipinski definition) is 6. The van der Waals surface area contributed by atoms with Crippen molar-refractivity contribution in [3.8, 4) is 0 Å². The average molecular weight is 538 g/mol. The monoisotopic (exact) mass is 537 g/mol. The SMILES string of the molecule is CN(C[C@H]1C[C@@H](n2ccc3c(N)ncnc32)C[C@@H]1O)C1CC(CCc2nc3ccc(Br)cc3[nH]2)C1. The number of nitrogens with one attached hydrogen (secondary N) is 1. The Bertz CT molecular complexity index is 1340. The van der Waals surface area contributed by atoms with Gasteiger partial charge in [0, 0.05) is 35.7 Å². The normalized spacial score (nSPS) is 26.7. The van der Waals surface area contributed by atoms with Crippen LogP contribution in [0.2, 0.25) is 0 Å². The fourth-order valence-electron chi connectivity index (χ4n) is 6.09. The van der Waals surface area contributed by atoms with Crippen LogP contribution in [0.4, 0.5) is 5.82 Å². The molecule has 0 bridgehead atoms. The van der Waals surface area contributed by atoms with Gasteiger partial charge in [0.25, 0.3) is 0 Å². The van der Waals surface area contributed by atoms with Gasteiger partial charge >= 0.3 is 0 Å². The van der Waals surface area contributed by atoms with Gasteiger partial charge in [0.2, 0.25) is 0 Å². The zero-order chi connectivity index (χ0) is 24.1. The van der Waals surface area contributed by atoms with E-state index >= 15 is 0 Å². The molecule has 8 nitrogen and oxygen atoms in total. The summed E-state index contributed by atoms with van der Waals surface area (Å²) < 4.78 is 3.25. The lowest BCUT2D eigenvalue weighted by atomic mass is 9.76. The lowest BCUT2D eigenvalue weighted by Gasteiger charge is -2.42. The molecule has 2 aliphatic rings. The highest BCUT2D eigenvalue weighted by atomic mass is 79.9. The first-order valence-electron chi connectivity index (χ1n) is 12.5. The van der Waals surface area contributed by atoms with Crippen LogP contribution in [0.15, 0.2) is 41.3 Å². The van der Waals surface area contributed by atoms with E-state index in [0.29, 0.717) is 11.9 Å². The molecule has 0 aliphatic heterocycles. The Hall–Kier alpha value is -2.49. The average Bonchev–Trinajstić information content (AvgIpc) is 3.49. The molecule has 3 aromatic heterocycles. The Morgan fingerprint density at radius 2 is 2.06 bits per heavy atom. The van der Waals surface area contributed by atoms with Gasteiger partial charge in [-0.05, 0) is 75.3 Å². The summed E-state index contributed by atoms with van der Waals surface area (Å²) in [5.74, 6) is 2.62. The van der Waals surface area contributed by atoms with E-state index in [1.165, 1.54) is 25.6 Å². The smallest absolute Gasteiger partial charge is 0.145 e. The topological polar surface area (TPSA) is 109 Å². The van der Waals surface area contributed by atoms with E-state index in [1.807, 2.05) is 18.3 Å². The molecule has 184 valence electrons. The Morgan fingerprint density at radius 3 is 2.91 bits per heavy atom. The minimum atomic E-state index is -0.289. The second-order valence-corrected chi connectivity index (χ2v) is 11.4. The Balaban J connectivity index is 0.999. The molecule has 0 spiro atoms. The van der Waals surface area contributed by atoms with Crippen molar-refractivity contribution in [2.75, 3.05) is 19.3 Å². The van der Waals surface area contributed by atoms with Gasteiger partial charge < -0.3 is 25.3 Å². The molecule has 3 atom stereocenters. The second kappa shape index (κ2) is 9.19. The van der Waals surface area contributed by atoms with E-state index < -0.39 is 0 Å². The summed E-state index contributed by atoms with van der Waals surface area (Å²) in [4.78, 5) is 19.2. The van der Waals surface area contributed by atoms with Gasteiger partial charge in [-0.3, -0.25) is 0 Å². The minimum Gasteiger partial charge on any atom is -0.393 e. The van der Waals surface area contributed by atoms with Crippen LogP contribution < -0.4 is 5.73 Å². The summed E-state index contributed by atoms with van der Waals surface area (Å²) in [5.41, 5.74) is 9.00. The van der Waals surface area contributed by atoms with Crippen molar-refractivity contribution in [3.63, 3.8) is 0 Å². The highest BCUT2D eigenvalue weighted by molar-refractivity contribution is 9.10. The van der Waals surface area contributed by atoms with Gasteiger partial charge in [-0.15, -0.1) is 0 Å². The number of nitrogens with zero attached hydrogens (tertiary/aromatic N) is 5. The highest BCUT2D eigenvalue weighted by Gasteiger charge is 2.38. The summed E-state index contributed by atoms with van der Waals surface area (Å²) in [6.07, 6.45) is 9.61. The zero-order valence-electron chi connectivity index (χ0n) is 19.9. The van der Waals surface area contributed by atoms with Crippen LogP contribution in [0.1, 0.15) is 44.0 Å². The summed E-state index contributed by atoms with van der Waals surface area (Å²) in [7, 11) is 2.22. The van der Waals surface area contributed by atoms with E-state index in [1.54, 1.807) is 0 Å². The molecule has 2 aliphatic carbocycles. The van der Waals surface area contributed by atoms with Crippen molar-refractivity contribution in [1.82, 2.24) is 29.4 Å². The van der Waals surface area contributed by atoms with Crippen LogP contribution in [0.3, 0.4) is 0 Å². The second-order valence-electron chi connectivity index (χ2n) is 10.5. The number of fused-ring (bicyclic) bond motifs is 2. The number of aliphatic hydroxyl groups excluding tert-OH is 1. The predicted octanol–water partition coefficient (Wildman–Crippen LogP) is 4.31. The molecule has 0 saturated heterocycles. The van der Waals surface area contributed by atoms with Crippen molar-refractivity contribution in [2.24, 2.45) is 11.8 Å². The predicted molar refractivity (Wildman–Crippen MR) is 141 cm³/mol. The molecule has 1 aromatic carbocycles. The van der Waals surface area contributed by atoms with Crippen LogP contribution in [-0.2, 0) is 6.42 Å². The summed E-state index contributed by atoms with van der Waals surface area (Å²) >= 11 is 3.53. The van der Waals surface area contributed by atoms with Gasteiger partial charge in [0.15, 0.2) is 0 Å². The number of nitrogen functional groups attached to an aromatic ring is 1. The maximum Gasteiger partial charge on any atom is 0.145 e. The fourth-order valence-corrected chi connectivity index (χ4v) is 6.45. The van der Waals surface area contributed by atoms with Crippen LogP contribution in [0, 0.1) is 11.8 Å². The summed E-state index contributed by atoms with van der Waals surface area (Å²) in [5, 5.41) is 11.7. The largest absolute Gasteiger partial charge is 0.393 e. The van der Waals surface area contributed by atoms with E-state index in [0.717, 1.165) is 64.1 Å². The number of hydrogen-bond donors (Lipinski definition) is 3. The number of aryl methyl sites for hydroxylation is 1. The van der Waals surface area contributed by atoms with Crippen molar-refractivity contribution in [1.29, 1.82) is 0 Å². The molecule has 3 heterocycles. The van der Waals surface area contributed by atoms with Gasteiger partial charge in [0.1, 0.15) is 23.6 Å². The van der Waals surface area contributed by atoms with Gasteiger partial charge in [-0.25, -0.2) is 15.0 Å². The van der Waals surface area contributed by atoms with E-state index in [9.17, 15) is 5.11 Å². The van der Waals surface area contributed by atoms with Crippen LogP contribution in [-0.4, -0.2) is 60.2 Å². The zero-order valence-corrected chi connectivity index (χ0v) is 21.5. The molecular formula is C26H32BrN7O. The number of aliphatic hydroxyl groups is 1. The summed E-state index contributed by atoms with van der Waals surface area (Å²) in [6, 6.07) is 9.01. The van der Waals surface area contributed by atoms with Crippen molar-refractivity contribution in [3.05, 3.63) is 47.1 Å². The molecule has 2 fully saturated rings. The number of anilines is 1. The number of halogens is 1. The summed E-state index contributed by atoms with van der Waals surface area (Å²) in [6.45, 7) is 0.934. The first-order valence-corrected chi connectivity index (χ1v) is 13.3. The van der Waals surface area contributed by atoms with Crippen molar-refractivity contribution < 1.29 is 5.11 Å². The molecule has 0 amide bonds. The maximum atomic E-state index is 10.8. The molecule has 4 aromatic rings. The number of H-pyrrole nitrogens is 1. The Labute approximate surface area is 213 Å². The standard InChI is InChI=1S/C26H32BrN7O/c1-33(18-8-15(9-18)2-5-24-31-21-4-3-17(27)11-22(21)32-24)13-16-10-19(12-23(16)35)34-7-6-20-25(28)29-14-30-26(20)34/h3-4,6-7,11,14-16,18-19,23,35H,2,5,8-10,12-13H2,1H3,(H,31,32)(H2,28,29,30)/t15?,16-,18?,19-,23+/m1/s1. The van der Waals surface area contributed by atoms with Crippen molar-refractivity contribution in [2.45, 2.75) is 56.7 Å². The van der Waals surface area contributed by atoms with Crippen LogP contribution >= 0.6 is 15.9 Å². The number of aromatic nitrogens is 5. The number of benzene rings is 1. The van der Waals surface area contributed by atoms with Crippen LogP contribution in [0.5, 0.6) is 0 Å². The molecule has 0 unspecified atom stereocenters. The molecular weight excluding hydrogens is 506 g/mol. The van der Waals surface area contributed by atoms with Gasteiger partial charge in [-0.1, -0.05) is 15.9 Å². The van der Waals surface area contributed by atoms with E-state index in [2.05, 4.69) is 59.5 Å². The highest BCUT2D eigenvalue weighted by Crippen LogP contribution is 2.40. The molecule has 2 saturated carbocycles. The number of imidazole rings is 1. The van der Waals surface area contributed by atoms with Crippen molar-refractivity contribution >= 4 is 43.8 Å². The minimum absolute atomic E-state index is 0.244. The quantitative estimate of drug-likeness (QED) is 0.324. The number of aromatic amines is 1. The Morgan fingerprint density at radius 1 is 1.20 bits per heavy atom. The van der Waals surface area contributed by atoms with E-state index in [-0.39, 0.29) is 18.1 Å². The molecule has 4 N–H and O–H groups in total. The van der Waals surface area contributed by atoms with Gasteiger partial charge in [0.05, 0.1) is 22.5 Å². The molecule has 9 heteroatoms. The molecule has 0 radical (unpaired) electrons. The number of nitrogens with two attached hydrogens (primary N) is 1. The first kappa shape index (κ1) is 22.9. The maximum absolute atomic E-state index is 10.8. The number of rotatable bonds is 7. The molecule has 35 heavy (non-hydrogen) atoms. The van der Waals surface area contributed by atoms with Gasteiger partial charge in [-0.2, -0.15) is 0 Å². The third-order valence-electron chi connectivity index (χ3n) is 8.21. The lowest BCUT2D eigenvalue weighted by Crippen LogP contribution is -2.45. The fraction of sp³-hybridized carbons (Fsp3) is 0.500. The van der Waals surface area contributed by atoms with Crippen LogP contribution in [0.25, 0.3) is 22.1 Å². The first-order chi connectivity index (χ1) is 16.9. The molecule has 6 rings (SSSR count). The third-order valence-corrected chi connectivity index (χ3v) is 8.70. The van der Waals surface area contributed by atoms with E-state index in [4.69, 9.17) is 10.7 Å².